The largest absolute Gasteiger partial charge is 0.329 e. The van der Waals surface area contributed by atoms with Gasteiger partial charge in [0.1, 0.15) is 0 Å². The molecular weight excluding hydrogens is 290 g/mol. The molecule has 0 saturated carbocycles. The SMILES string of the molecule is CCC1CCC(C)N1C(CN)c1cncc(Br)c1. The quantitative estimate of drug-likeness (QED) is 0.929. The van der Waals surface area contributed by atoms with Gasteiger partial charge in [-0.3, -0.25) is 9.88 Å². The van der Waals surface area contributed by atoms with Crippen molar-refractivity contribution in [3.63, 3.8) is 0 Å². The van der Waals surface area contributed by atoms with Gasteiger partial charge in [-0.1, -0.05) is 6.92 Å². The molecule has 2 heterocycles. The van der Waals surface area contributed by atoms with Crippen LogP contribution in [0.15, 0.2) is 22.9 Å². The molecular formula is C14H22BrN3. The van der Waals surface area contributed by atoms with E-state index in [2.05, 4.69) is 45.7 Å². The third kappa shape index (κ3) is 2.76. The molecule has 3 atom stereocenters. The molecule has 0 aliphatic carbocycles. The van der Waals surface area contributed by atoms with Crippen molar-refractivity contribution >= 4 is 15.9 Å². The highest BCUT2D eigenvalue weighted by molar-refractivity contribution is 9.10. The maximum absolute atomic E-state index is 6.03. The van der Waals surface area contributed by atoms with E-state index in [1.807, 2.05) is 12.4 Å². The maximum Gasteiger partial charge on any atom is 0.0491 e. The predicted octanol–water partition coefficient (Wildman–Crippen LogP) is 3.11. The molecule has 1 aromatic heterocycles. The summed E-state index contributed by atoms with van der Waals surface area (Å²) in [6.07, 6.45) is 7.52. The van der Waals surface area contributed by atoms with E-state index in [-0.39, 0.29) is 6.04 Å². The lowest BCUT2D eigenvalue weighted by Gasteiger charge is -2.35. The van der Waals surface area contributed by atoms with Crippen LogP contribution >= 0.6 is 15.9 Å². The molecule has 1 fully saturated rings. The van der Waals surface area contributed by atoms with E-state index < -0.39 is 0 Å². The van der Waals surface area contributed by atoms with Gasteiger partial charge >= 0.3 is 0 Å². The Morgan fingerprint density at radius 3 is 2.89 bits per heavy atom. The minimum Gasteiger partial charge on any atom is -0.329 e. The second-order valence-electron chi connectivity index (χ2n) is 5.12. The molecule has 0 radical (unpaired) electrons. The Hall–Kier alpha value is -0.450. The van der Waals surface area contributed by atoms with Crippen molar-refractivity contribution in [3.8, 4) is 0 Å². The topological polar surface area (TPSA) is 42.1 Å². The Morgan fingerprint density at radius 2 is 2.28 bits per heavy atom. The molecule has 1 aliphatic heterocycles. The van der Waals surface area contributed by atoms with Crippen LogP contribution in [0.1, 0.15) is 44.7 Å². The zero-order chi connectivity index (χ0) is 13.1. The van der Waals surface area contributed by atoms with Gasteiger partial charge in [0.15, 0.2) is 0 Å². The van der Waals surface area contributed by atoms with Crippen molar-refractivity contribution in [1.29, 1.82) is 0 Å². The van der Waals surface area contributed by atoms with Crippen LogP contribution in [0.3, 0.4) is 0 Å². The van der Waals surface area contributed by atoms with E-state index in [4.69, 9.17) is 5.73 Å². The normalized spacial score (nSPS) is 26.4. The van der Waals surface area contributed by atoms with E-state index in [0.717, 1.165) is 4.47 Å². The summed E-state index contributed by atoms with van der Waals surface area (Å²) < 4.78 is 1.03. The minimum atomic E-state index is 0.289. The first-order valence-electron chi connectivity index (χ1n) is 6.75. The Morgan fingerprint density at radius 1 is 1.50 bits per heavy atom. The van der Waals surface area contributed by atoms with Crippen molar-refractivity contribution < 1.29 is 0 Å². The molecule has 0 bridgehead atoms. The lowest BCUT2D eigenvalue weighted by Crippen LogP contribution is -2.41. The Balaban J connectivity index is 2.27. The van der Waals surface area contributed by atoms with E-state index in [9.17, 15) is 0 Å². The monoisotopic (exact) mass is 311 g/mol. The van der Waals surface area contributed by atoms with Gasteiger partial charge in [0.05, 0.1) is 0 Å². The summed E-state index contributed by atoms with van der Waals surface area (Å²) in [5.74, 6) is 0. The second-order valence-corrected chi connectivity index (χ2v) is 6.04. The molecule has 1 aromatic rings. The van der Waals surface area contributed by atoms with Crippen LogP contribution < -0.4 is 5.73 Å². The number of hydrogen-bond acceptors (Lipinski definition) is 3. The molecule has 4 heteroatoms. The summed E-state index contributed by atoms with van der Waals surface area (Å²) in [5.41, 5.74) is 7.25. The van der Waals surface area contributed by atoms with Gasteiger partial charge in [-0.15, -0.1) is 0 Å². The fraction of sp³-hybridized carbons (Fsp3) is 0.643. The average molecular weight is 312 g/mol. The van der Waals surface area contributed by atoms with E-state index in [1.165, 1.54) is 24.8 Å². The van der Waals surface area contributed by atoms with Crippen LogP contribution in [0.2, 0.25) is 0 Å². The van der Waals surface area contributed by atoms with Crippen LogP contribution in [0.4, 0.5) is 0 Å². The summed E-state index contributed by atoms with van der Waals surface area (Å²) in [5, 5.41) is 0. The predicted molar refractivity (Wildman–Crippen MR) is 78.3 cm³/mol. The number of hydrogen-bond donors (Lipinski definition) is 1. The molecule has 0 spiro atoms. The molecule has 3 unspecified atom stereocenters. The maximum atomic E-state index is 6.03. The summed E-state index contributed by atoms with van der Waals surface area (Å²) in [7, 11) is 0. The Bertz CT molecular complexity index is 396. The first-order valence-corrected chi connectivity index (χ1v) is 7.54. The van der Waals surface area contributed by atoms with Crippen LogP contribution in [0.5, 0.6) is 0 Å². The van der Waals surface area contributed by atoms with Gasteiger partial charge in [0.2, 0.25) is 0 Å². The van der Waals surface area contributed by atoms with Gasteiger partial charge < -0.3 is 5.73 Å². The van der Waals surface area contributed by atoms with Crippen LogP contribution in [-0.2, 0) is 0 Å². The number of likely N-dealkylation sites (tertiary alicyclic amines) is 1. The molecule has 3 nitrogen and oxygen atoms in total. The molecule has 1 saturated heterocycles. The number of nitrogens with two attached hydrogens (primary N) is 1. The fourth-order valence-electron chi connectivity index (χ4n) is 3.11. The van der Waals surface area contributed by atoms with Crippen molar-refractivity contribution in [3.05, 3.63) is 28.5 Å². The Labute approximate surface area is 118 Å². The zero-order valence-corrected chi connectivity index (χ0v) is 12.7. The first-order chi connectivity index (χ1) is 8.67. The molecule has 2 N–H and O–H groups in total. The van der Waals surface area contributed by atoms with Crippen LogP contribution in [0.25, 0.3) is 0 Å². The van der Waals surface area contributed by atoms with E-state index in [0.29, 0.717) is 18.6 Å². The summed E-state index contributed by atoms with van der Waals surface area (Å²) in [4.78, 5) is 6.86. The molecule has 1 aliphatic rings. The highest BCUT2D eigenvalue weighted by atomic mass is 79.9. The number of pyridine rings is 1. The summed E-state index contributed by atoms with van der Waals surface area (Å²) >= 11 is 3.49. The minimum absolute atomic E-state index is 0.289. The number of halogens is 1. The molecule has 100 valence electrons. The highest BCUT2D eigenvalue weighted by Gasteiger charge is 2.34. The number of nitrogens with zero attached hydrogens (tertiary/aromatic N) is 2. The highest BCUT2D eigenvalue weighted by Crippen LogP contribution is 2.34. The standard InChI is InChI=1S/C14H22BrN3/c1-3-13-5-4-10(2)18(13)14(7-16)11-6-12(15)9-17-8-11/h6,8-10,13-14H,3-5,7,16H2,1-2H3. The third-order valence-electron chi connectivity index (χ3n) is 4.01. The first kappa shape index (κ1) is 14.0. The fourth-order valence-corrected chi connectivity index (χ4v) is 3.49. The van der Waals surface area contributed by atoms with Gasteiger partial charge in [-0.25, -0.2) is 0 Å². The Kier molecular flexibility index (Phi) is 4.76. The van der Waals surface area contributed by atoms with Gasteiger partial charge in [-0.2, -0.15) is 0 Å². The lowest BCUT2D eigenvalue weighted by atomic mass is 10.0. The van der Waals surface area contributed by atoms with Crippen LogP contribution in [0, 0.1) is 0 Å². The summed E-state index contributed by atoms with van der Waals surface area (Å²) in [6, 6.07) is 3.70. The van der Waals surface area contributed by atoms with E-state index in [1.54, 1.807) is 0 Å². The summed E-state index contributed by atoms with van der Waals surface area (Å²) in [6.45, 7) is 5.23. The van der Waals surface area contributed by atoms with Crippen LogP contribution in [-0.4, -0.2) is 28.5 Å². The van der Waals surface area contributed by atoms with E-state index >= 15 is 0 Å². The molecule has 18 heavy (non-hydrogen) atoms. The van der Waals surface area contributed by atoms with Crippen molar-refractivity contribution in [2.75, 3.05) is 6.54 Å². The average Bonchev–Trinajstić information content (AvgIpc) is 2.72. The third-order valence-corrected chi connectivity index (χ3v) is 4.45. The zero-order valence-electron chi connectivity index (χ0n) is 11.1. The lowest BCUT2D eigenvalue weighted by molar-refractivity contribution is 0.136. The van der Waals surface area contributed by atoms with Gasteiger partial charge in [0, 0.05) is 41.5 Å². The number of rotatable bonds is 4. The second kappa shape index (κ2) is 6.13. The smallest absolute Gasteiger partial charge is 0.0491 e. The van der Waals surface area contributed by atoms with Gasteiger partial charge in [0.25, 0.3) is 0 Å². The number of aromatic nitrogens is 1. The molecule has 0 amide bonds. The van der Waals surface area contributed by atoms with Crippen molar-refractivity contribution in [1.82, 2.24) is 9.88 Å². The van der Waals surface area contributed by atoms with Crippen molar-refractivity contribution in [2.24, 2.45) is 5.73 Å². The molecule has 0 aromatic carbocycles. The van der Waals surface area contributed by atoms with Crippen molar-refractivity contribution in [2.45, 2.75) is 51.2 Å². The van der Waals surface area contributed by atoms with Gasteiger partial charge in [-0.05, 0) is 53.7 Å². The molecule has 2 rings (SSSR count).